The molecule has 0 aromatic carbocycles. The smallest absolute Gasteiger partial charge is 0.221 e. The molecule has 4 nitrogen and oxygen atoms in total. The highest BCUT2D eigenvalue weighted by Gasteiger charge is 2.13. The predicted octanol–water partition coefficient (Wildman–Crippen LogP) is 2.83. The van der Waals surface area contributed by atoms with Crippen LogP contribution in [0.4, 0.5) is 5.82 Å². The van der Waals surface area contributed by atoms with Gasteiger partial charge in [0, 0.05) is 0 Å². The molecule has 0 atom stereocenters. The van der Waals surface area contributed by atoms with Crippen LogP contribution < -0.4 is 10.5 Å². The third-order valence-electron chi connectivity index (χ3n) is 2.53. The minimum atomic E-state index is 0.267. The van der Waals surface area contributed by atoms with Gasteiger partial charge in [-0.2, -0.15) is 0 Å². The number of aromatic nitrogens is 2. The van der Waals surface area contributed by atoms with Crippen molar-refractivity contribution in [2.24, 2.45) is 5.41 Å². The highest BCUT2D eigenvalue weighted by atomic mass is 16.5. The highest BCUT2D eigenvalue weighted by molar-refractivity contribution is 5.44. The zero-order valence-electron chi connectivity index (χ0n) is 11.3. The van der Waals surface area contributed by atoms with Gasteiger partial charge in [-0.3, -0.25) is 0 Å². The zero-order chi connectivity index (χ0) is 12.9. The van der Waals surface area contributed by atoms with E-state index in [0.29, 0.717) is 18.3 Å². The van der Waals surface area contributed by atoms with Gasteiger partial charge in [-0.25, -0.2) is 9.97 Å². The Labute approximate surface area is 104 Å². The summed E-state index contributed by atoms with van der Waals surface area (Å²) < 4.78 is 5.72. The summed E-state index contributed by atoms with van der Waals surface area (Å²) in [4.78, 5) is 8.17. The Bertz CT molecular complexity index is 358. The first kappa shape index (κ1) is 13.7. The largest absolute Gasteiger partial charge is 0.477 e. The van der Waals surface area contributed by atoms with Gasteiger partial charge in [0.1, 0.15) is 12.1 Å². The summed E-state index contributed by atoms with van der Waals surface area (Å²) in [6.07, 6.45) is 4.31. The first-order valence-electron chi connectivity index (χ1n) is 6.16. The van der Waals surface area contributed by atoms with Gasteiger partial charge in [-0.15, -0.1) is 0 Å². The Morgan fingerprint density at radius 1 is 1.29 bits per heavy atom. The number of anilines is 1. The lowest BCUT2D eigenvalue weighted by atomic mass is 9.93. The maximum Gasteiger partial charge on any atom is 0.221 e. The molecule has 0 aliphatic rings. The maximum absolute atomic E-state index is 5.83. The minimum Gasteiger partial charge on any atom is -0.477 e. The van der Waals surface area contributed by atoms with Crippen LogP contribution in [0, 0.1) is 5.41 Å². The van der Waals surface area contributed by atoms with E-state index in [1.165, 1.54) is 6.33 Å². The van der Waals surface area contributed by atoms with Gasteiger partial charge >= 0.3 is 0 Å². The number of hydrogen-bond donors (Lipinski definition) is 1. The van der Waals surface area contributed by atoms with Gasteiger partial charge in [0.15, 0.2) is 0 Å². The highest BCUT2D eigenvalue weighted by Crippen LogP contribution is 2.23. The second-order valence-corrected chi connectivity index (χ2v) is 5.45. The van der Waals surface area contributed by atoms with Gasteiger partial charge in [0.05, 0.1) is 12.2 Å². The van der Waals surface area contributed by atoms with Crippen LogP contribution in [0.1, 0.15) is 46.1 Å². The molecule has 2 N–H and O–H groups in total. The van der Waals surface area contributed by atoms with E-state index in [4.69, 9.17) is 10.5 Å². The summed E-state index contributed by atoms with van der Waals surface area (Å²) in [5, 5.41) is 0. The molecule has 17 heavy (non-hydrogen) atoms. The van der Waals surface area contributed by atoms with E-state index >= 15 is 0 Å². The standard InChI is InChI=1S/C13H23N3O/c1-5-6-10-11(14)15-9-16-12(10)17-8-7-13(2,3)4/h9H,5-8H2,1-4H3,(H2,14,15,16). The van der Waals surface area contributed by atoms with Crippen molar-refractivity contribution in [3.8, 4) is 5.88 Å². The van der Waals surface area contributed by atoms with Crippen LogP contribution in [0.5, 0.6) is 5.88 Å². The molecule has 1 aromatic heterocycles. The molecule has 0 aliphatic carbocycles. The third-order valence-corrected chi connectivity index (χ3v) is 2.53. The summed E-state index contributed by atoms with van der Waals surface area (Å²) in [6.45, 7) is 9.34. The lowest BCUT2D eigenvalue weighted by Crippen LogP contribution is -2.13. The molecule has 0 saturated carbocycles. The molecule has 0 fully saturated rings. The van der Waals surface area contributed by atoms with Gasteiger partial charge in [0.25, 0.3) is 0 Å². The monoisotopic (exact) mass is 237 g/mol. The molecule has 0 amide bonds. The topological polar surface area (TPSA) is 61.0 Å². The molecule has 0 aliphatic heterocycles. The Balaban J connectivity index is 2.67. The fourth-order valence-corrected chi connectivity index (χ4v) is 1.47. The number of nitrogens with zero attached hydrogens (tertiary/aromatic N) is 2. The van der Waals surface area contributed by atoms with Crippen molar-refractivity contribution >= 4 is 5.82 Å². The third kappa shape index (κ3) is 4.59. The van der Waals surface area contributed by atoms with E-state index in [1.807, 2.05) is 0 Å². The van der Waals surface area contributed by atoms with Crippen molar-refractivity contribution in [1.82, 2.24) is 9.97 Å². The predicted molar refractivity (Wildman–Crippen MR) is 70.0 cm³/mol. The van der Waals surface area contributed by atoms with Crippen molar-refractivity contribution in [2.45, 2.75) is 47.0 Å². The van der Waals surface area contributed by atoms with E-state index in [0.717, 1.165) is 24.8 Å². The first-order chi connectivity index (χ1) is 7.94. The van der Waals surface area contributed by atoms with Crippen LogP contribution in [-0.2, 0) is 6.42 Å². The van der Waals surface area contributed by atoms with Gasteiger partial charge < -0.3 is 10.5 Å². The quantitative estimate of drug-likeness (QED) is 0.855. The summed E-state index contributed by atoms with van der Waals surface area (Å²) >= 11 is 0. The van der Waals surface area contributed by atoms with Crippen LogP contribution in [0.2, 0.25) is 0 Å². The van der Waals surface area contributed by atoms with E-state index in [-0.39, 0.29) is 5.41 Å². The number of nitrogen functional groups attached to an aromatic ring is 1. The van der Waals surface area contributed by atoms with Crippen molar-refractivity contribution in [1.29, 1.82) is 0 Å². The molecule has 1 aromatic rings. The lowest BCUT2D eigenvalue weighted by Gasteiger charge is -2.18. The maximum atomic E-state index is 5.83. The summed E-state index contributed by atoms with van der Waals surface area (Å²) in [6, 6.07) is 0. The molecule has 0 radical (unpaired) electrons. The van der Waals surface area contributed by atoms with Crippen molar-refractivity contribution in [2.75, 3.05) is 12.3 Å². The van der Waals surface area contributed by atoms with Crippen molar-refractivity contribution < 1.29 is 4.74 Å². The van der Waals surface area contributed by atoms with Gasteiger partial charge in [0.2, 0.25) is 5.88 Å². The number of nitrogens with two attached hydrogens (primary N) is 1. The van der Waals surface area contributed by atoms with Crippen LogP contribution in [0.3, 0.4) is 0 Å². The second-order valence-electron chi connectivity index (χ2n) is 5.45. The number of hydrogen-bond acceptors (Lipinski definition) is 4. The molecule has 0 unspecified atom stereocenters. The minimum absolute atomic E-state index is 0.267. The van der Waals surface area contributed by atoms with Crippen LogP contribution >= 0.6 is 0 Å². The first-order valence-corrected chi connectivity index (χ1v) is 6.16. The SMILES string of the molecule is CCCc1c(N)ncnc1OCCC(C)(C)C. The van der Waals surface area contributed by atoms with Crippen LogP contribution in [0.25, 0.3) is 0 Å². The lowest BCUT2D eigenvalue weighted by molar-refractivity contribution is 0.234. The molecule has 96 valence electrons. The van der Waals surface area contributed by atoms with Crippen molar-refractivity contribution in [3.63, 3.8) is 0 Å². The molecule has 4 heteroatoms. The van der Waals surface area contributed by atoms with Gasteiger partial charge in [-0.05, 0) is 18.3 Å². The Morgan fingerprint density at radius 2 is 2.00 bits per heavy atom. The van der Waals surface area contributed by atoms with E-state index in [9.17, 15) is 0 Å². The Kier molecular flexibility index (Phi) is 4.73. The molecule has 1 heterocycles. The number of rotatable bonds is 5. The normalized spacial score (nSPS) is 11.5. The summed E-state index contributed by atoms with van der Waals surface area (Å²) in [5.41, 5.74) is 7.04. The fourth-order valence-electron chi connectivity index (χ4n) is 1.47. The Morgan fingerprint density at radius 3 is 2.59 bits per heavy atom. The van der Waals surface area contributed by atoms with Crippen LogP contribution in [-0.4, -0.2) is 16.6 Å². The van der Waals surface area contributed by atoms with Crippen LogP contribution in [0.15, 0.2) is 6.33 Å². The molecule has 0 spiro atoms. The molecule has 1 rings (SSSR count). The van der Waals surface area contributed by atoms with E-state index in [2.05, 4.69) is 37.7 Å². The fraction of sp³-hybridized carbons (Fsp3) is 0.692. The molecular formula is C13H23N3O. The number of ether oxygens (including phenoxy) is 1. The zero-order valence-corrected chi connectivity index (χ0v) is 11.3. The van der Waals surface area contributed by atoms with E-state index in [1.54, 1.807) is 0 Å². The molecular weight excluding hydrogens is 214 g/mol. The second kappa shape index (κ2) is 5.84. The Hall–Kier alpha value is -1.32. The summed E-state index contributed by atoms with van der Waals surface area (Å²) in [5.74, 6) is 1.18. The molecule has 0 bridgehead atoms. The van der Waals surface area contributed by atoms with Crippen molar-refractivity contribution in [3.05, 3.63) is 11.9 Å². The average molecular weight is 237 g/mol. The molecule has 0 saturated heterocycles. The summed E-state index contributed by atoms with van der Waals surface area (Å²) in [7, 11) is 0. The average Bonchev–Trinajstić information content (AvgIpc) is 2.21. The van der Waals surface area contributed by atoms with Gasteiger partial charge in [-0.1, -0.05) is 34.1 Å². The van der Waals surface area contributed by atoms with E-state index < -0.39 is 0 Å².